The number of nitrogens with zero attached hydrogens (tertiary/aromatic N) is 1. The second-order valence-electron chi connectivity index (χ2n) is 9.03. The number of Topliss-reactive ketones (excluding diaryl/α,β-unsaturated/α-hetero) is 1. The summed E-state index contributed by atoms with van der Waals surface area (Å²) in [6.07, 6.45) is 3.82. The molecule has 1 atom stereocenters. The van der Waals surface area contributed by atoms with E-state index in [-0.39, 0.29) is 21.5 Å². The number of nitrogens with two attached hydrogens (primary N) is 2. The van der Waals surface area contributed by atoms with Gasteiger partial charge >= 0.3 is 0 Å². The SMILES string of the molecule is N=C(c1ccc2c(c1)C(=O)CC1(CCNCC1)O2)c1cc(O[C@H](N)c2c(Cl)cncc2Cl)ccc1N. The zero-order valence-corrected chi connectivity index (χ0v) is 20.8. The first kappa shape index (κ1) is 24.5. The van der Waals surface area contributed by atoms with E-state index in [0.717, 1.165) is 25.9 Å². The van der Waals surface area contributed by atoms with Crippen LogP contribution in [-0.4, -0.2) is 35.2 Å². The maximum atomic E-state index is 13.0. The molecule has 1 spiro atoms. The Kier molecular flexibility index (Phi) is 6.61. The number of carbonyl (C=O) groups is 1. The van der Waals surface area contributed by atoms with Crippen LogP contribution >= 0.6 is 23.2 Å². The van der Waals surface area contributed by atoms with Crippen LogP contribution in [0.1, 0.15) is 52.5 Å². The number of carbonyl (C=O) groups excluding carboxylic acids is 1. The molecule has 0 radical (unpaired) electrons. The van der Waals surface area contributed by atoms with Crippen LogP contribution in [0.15, 0.2) is 48.8 Å². The third-order valence-electron chi connectivity index (χ3n) is 6.62. The minimum absolute atomic E-state index is 0.0231. The van der Waals surface area contributed by atoms with Crippen molar-refractivity contribution in [2.45, 2.75) is 31.1 Å². The Balaban J connectivity index is 1.40. The third-order valence-corrected chi connectivity index (χ3v) is 7.23. The molecule has 186 valence electrons. The Morgan fingerprint density at radius 3 is 2.58 bits per heavy atom. The van der Waals surface area contributed by atoms with Crippen LogP contribution in [0, 0.1) is 5.41 Å². The van der Waals surface area contributed by atoms with Gasteiger partial charge in [-0.05, 0) is 49.5 Å². The minimum Gasteiger partial charge on any atom is -0.486 e. The molecule has 2 aliphatic heterocycles. The lowest BCUT2D eigenvalue weighted by Gasteiger charge is -2.41. The van der Waals surface area contributed by atoms with Gasteiger partial charge in [0.15, 0.2) is 12.0 Å². The lowest BCUT2D eigenvalue weighted by molar-refractivity contribution is 0.0187. The highest BCUT2D eigenvalue weighted by Gasteiger charge is 2.41. The van der Waals surface area contributed by atoms with Crippen LogP contribution in [-0.2, 0) is 0 Å². The molecule has 6 N–H and O–H groups in total. The van der Waals surface area contributed by atoms with Crippen molar-refractivity contribution in [3.8, 4) is 11.5 Å². The molecule has 1 aromatic heterocycles. The average molecular weight is 526 g/mol. The first-order chi connectivity index (χ1) is 17.3. The van der Waals surface area contributed by atoms with Crippen LogP contribution in [0.3, 0.4) is 0 Å². The fraction of sp³-hybridized carbons (Fsp3) is 0.269. The predicted molar refractivity (Wildman–Crippen MR) is 139 cm³/mol. The predicted octanol–water partition coefficient (Wildman–Crippen LogP) is 4.51. The maximum absolute atomic E-state index is 13.0. The van der Waals surface area contributed by atoms with E-state index < -0.39 is 11.8 Å². The van der Waals surface area contributed by atoms with E-state index in [1.54, 1.807) is 36.4 Å². The molecule has 2 aromatic carbocycles. The van der Waals surface area contributed by atoms with E-state index in [1.807, 2.05) is 0 Å². The van der Waals surface area contributed by atoms with Crippen LogP contribution in [0.2, 0.25) is 10.0 Å². The van der Waals surface area contributed by atoms with Gasteiger partial charge in [0.25, 0.3) is 0 Å². The van der Waals surface area contributed by atoms with Crippen molar-refractivity contribution in [2.24, 2.45) is 5.73 Å². The van der Waals surface area contributed by atoms with Gasteiger partial charge in [-0.1, -0.05) is 23.2 Å². The van der Waals surface area contributed by atoms with Crippen LogP contribution in [0.25, 0.3) is 0 Å². The van der Waals surface area contributed by atoms with Gasteiger partial charge in [0, 0.05) is 47.6 Å². The van der Waals surface area contributed by atoms with E-state index in [9.17, 15) is 4.79 Å². The van der Waals surface area contributed by atoms with E-state index in [2.05, 4.69) is 10.3 Å². The van der Waals surface area contributed by atoms with Gasteiger partial charge in [-0.15, -0.1) is 0 Å². The number of rotatable bonds is 5. The fourth-order valence-electron chi connectivity index (χ4n) is 4.69. The molecule has 3 aromatic rings. The topological polar surface area (TPSA) is 136 Å². The van der Waals surface area contributed by atoms with E-state index in [0.29, 0.717) is 45.9 Å². The number of benzene rings is 2. The molecule has 1 fully saturated rings. The van der Waals surface area contributed by atoms with Crippen LogP contribution in [0.4, 0.5) is 5.69 Å². The van der Waals surface area contributed by atoms with Crippen LogP contribution in [0.5, 0.6) is 11.5 Å². The number of nitrogen functional groups attached to an aromatic ring is 1. The standard InChI is InChI=1S/C26H25Cl2N5O3/c27-18-12-33-13-19(28)23(18)25(31)35-15-2-3-20(29)16(10-15)24(30)14-1-4-22-17(9-14)21(34)11-26(36-22)5-7-32-8-6-26/h1-4,9-10,12-13,25,30,32H,5-8,11,29,31H2/t25-/m0/s1. The van der Waals surface area contributed by atoms with Crippen molar-refractivity contribution < 1.29 is 14.3 Å². The molecule has 0 saturated carbocycles. The summed E-state index contributed by atoms with van der Waals surface area (Å²) in [6.45, 7) is 1.65. The number of aromatic nitrogens is 1. The summed E-state index contributed by atoms with van der Waals surface area (Å²) in [5, 5.41) is 12.7. The van der Waals surface area contributed by atoms with Gasteiger partial charge in [-0.2, -0.15) is 0 Å². The molecule has 0 bridgehead atoms. The van der Waals surface area contributed by atoms with Crippen molar-refractivity contribution in [1.29, 1.82) is 5.41 Å². The number of piperidine rings is 1. The molecule has 36 heavy (non-hydrogen) atoms. The summed E-state index contributed by atoms with van der Waals surface area (Å²) in [5.74, 6) is 0.965. The quantitative estimate of drug-likeness (QED) is 0.218. The van der Waals surface area contributed by atoms with Crippen molar-refractivity contribution in [3.05, 3.63) is 81.1 Å². The number of hydrogen-bond donors (Lipinski definition) is 4. The van der Waals surface area contributed by atoms with Crippen LogP contribution < -0.4 is 26.3 Å². The smallest absolute Gasteiger partial charge is 0.177 e. The highest BCUT2D eigenvalue weighted by Crippen LogP contribution is 2.39. The van der Waals surface area contributed by atoms with Crippen molar-refractivity contribution in [3.63, 3.8) is 0 Å². The Morgan fingerprint density at radius 2 is 1.86 bits per heavy atom. The molecular weight excluding hydrogens is 501 g/mol. The van der Waals surface area contributed by atoms with E-state index in [1.165, 1.54) is 12.4 Å². The van der Waals surface area contributed by atoms with E-state index >= 15 is 0 Å². The number of anilines is 1. The number of ether oxygens (including phenoxy) is 2. The van der Waals surface area contributed by atoms with Crippen molar-refractivity contribution in [2.75, 3.05) is 18.8 Å². The highest BCUT2D eigenvalue weighted by atomic mass is 35.5. The Hall–Kier alpha value is -3.17. The monoisotopic (exact) mass is 525 g/mol. The number of hydrogen-bond acceptors (Lipinski definition) is 8. The molecule has 0 aliphatic carbocycles. The zero-order chi connectivity index (χ0) is 25.4. The molecule has 0 unspecified atom stereocenters. The summed E-state index contributed by atoms with van der Waals surface area (Å²) in [7, 11) is 0. The molecule has 10 heteroatoms. The second kappa shape index (κ2) is 9.71. The van der Waals surface area contributed by atoms with E-state index in [4.69, 9.17) is 49.6 Å². The van der Waals surface area contributed by atoms with Gasteiger partial charge in [0.2, 0.25) is 0 Å². The van der Waals surface area contributed by atoms with Gasteiger partial charge in [0.1, 0.15) is 17.1 Å². The molecule has 2 aliphatic rings. The van der Waals surface area contributed by atoms with Crippen molar-refractivity contribution in [1.82, 2.24) is 10.3 Å². The Bertz CT molecular complexity index is 1340. The number of pyridine rings is 1. The summed E-state index contributed by atoms with van der Waals surface area (Å²) < 4.78 is 12.2. The minimum atomic E-state index is -0.959. The molecule has 3 heterocycles. The summed E-state index contributed by atoms with van der Waals surface area (Å²) in [4.78, 5) is 17.0. The first-order valence-corrected chi connectivity index (χ1v) is 12.3. The Labute approximate surface area is 218 Å². The third kappa shape index (κ3) is 4.65. The number of nitrogens with one attached hydrogen (secondary N) is 2. The largest absolute Gasteiger partial charge is 0.486 e. The molecule has 0 amide bonds. The maximum Gasteiger partial charge on any atom is 0.177 e. The lowest BCUT2D eigenvalue weighted by atomic mass is 9.82. The summed E-state index contributed by atoms with van der Waals surface area (Å²) >= 11 is 12.4. The molecule has 1 saturated heterocycles. The average Bonchev–Trinajstić information content (AvgIpc) is 2.85. The van der Waals surface area contributed by atoms with Gasteiger partial charge in [-0.3, -0.25) is 20.9 Å². The first-order valence-electron chi connectivity index (χ1n) is 11.5. The fourth-order valence-corrected chi connectivity index (χ4v) is 5.27. The molecule has 5 rings (SSSR count). The zero-order valence-electron chi connectivity index (χ0n) is 19.3. The lowest BCUT2D eigenvalue weighted by Crippen LogP contribution is -2.49. The van der Waals surface area contributed by atoms with Gasteiger partial charge in [0.05, 0.1) is 27.7 Å². The van der Waals surface area contributed by atoms with Gasteiger partial charge in [-0.25, -0.2) is 0 Å². The Morgan fingerprint density at radius 1 is 1.14 bits per heavy atom. The number of halogens is 2. The van der Waals surface area contributed by atoms with Crippen molar-refractivity contribution >= 4 is 40.4 Å². The normalized spacial score (nSPS) is 17.2. The second-order valence-corrected chi connectivity index (χ2v) is 9.84. The highest BCUT2D eigenvalue weighted by molar-refractivity contribution is 6.35. The molecule has 8 nitrogen and oxygen atoms in total. The number of fused-ring (bicyclic) bond motifs is 1. The molecular formula is C26H25Cl2N5O3. The number of ketones is 1. The van der Waals surface area contributed by atoms with Gasteiger partial charge < -0.3 is 20.5 Å². The summed E-state index contributed by atoms with van der Waals surface area (Å²) in [5.41, 5.74) is 14.3. The summed E-state index contributed by atoms with van der Waals surface area (Å²) in [6, 6.07) is 10.1.